The highest BCUT2D eigenvalue weighted by molar-refractivity contribution is 5.89. The van der Waals surface area contributed by atoms with E-state index < -0.39 is 6.04 Å². The third kappa shape index (κ3) is 7.32. The highest BCUT2D eigenvalue weighted by Crippen LogP contribution is 2.37. The number of nitrogens with zero attached hydrogens (tertiary/aromatic N) is 1. The maximum absolute atomic E-state index is 13.3. The van der Waals surface area contributed by atoms with Crippen molar-refractivity contribution in [1.29, 1.82) is 0 Å². The Labute approximate surface area is 187 Å². The van der Waals surface area contributed by atoms with Crippen LogP contribution in [0, 0.1) is 5.41 Å². The van der Waals surface area contributed by atoms with Crippen LogP contribution in [0.3, 0.4) is 0 Å². The van der Waals surface area contributed by atoms with Crippen LogP contribution in [-0.2, 0) is 20.7 Å². The van der Waals surface area contributed by atoms with Gasteiger partial charge in [0.15, 0.2) is 0 Å². The first-order chi connectivity index (χ1) is 15.1. The van der Waals surface area contributed by atoms with Gasteiger partial charge in [0.05, 0.1) is 5.41 Å². The third-order valence-electron chi connectivity index (χ3n) is 6.78. The molecule has 1 spiro atoms. The van der Waals surface area contributed by atoms with Crippen LogP contribution < -0.4 is 10.6 Å². The summed E-state index contributed by atoms with van der Waals surface area (Å²) in [7, 11) is 0. The van der Waals surface area contributed by atoms with Crippen molar-refractivity contribution in [2.45, 2.75) is 64.3 Å². The smallest absolute Gasteiger partial charge is 0.242 e. The van der Waals surface area contributed by atoms with E-state index in [1.807, 2.05) is 0 Å². The van der Waals surface area contributed by atoms with Crippen LogP contribution >= 0.6 is 0 Å². The van der Waals surface area contributed by atoms with Crippen LogP contribution in [0.1, 0.15) is 57.4 Å². The second-order valence-electron chi connectivity index (χ2n) is 9.12. The van der Waals surface area contributed by atoms with Gasteiger partial charge in [0.2, 0.25) is 11.8 Å². The zero-order chi connectivity index (χ0) is 21.9. The van der Waals surface area contributed by atoms with Crippen LogP contribution in [-0.4, -0.2) is 62.1 Å². The van der Waals surface area contributed by atoms with Crippen molar-refractivity contribution < 1.29 is 14.3 Å². The number of benzene rings is 1. The first-order valence-electron chi connectivity index (χ1n) is 12.0. The molecular weight excluding hydrogens is 390 g/mol. The first-order valence-corrected chi connectivity index (χ1v) is 12.0. The van der Waals surface area contributed by atoms with E-state index in [1.165, 1.54) is 5.56 Å². The number of amides is 2. The molecular formula is C25H39N3O3. The van der Waals surface area contributed by atoms with Crippen LogP contribution in [0.5, 0.6) is 0 Å². The molecule has 2 aliphatic rings. The Morgan fingerprint density at radius 2 is 1.77 bits per heavy atom. The molecule has 2 N–H and O–H groups in total. The number of nitrogens with one attached hydrogen (secondary N) is 2. The molecule has 1 atom stereocenters. The molecule has 3 rings (SSSR count). The third-order valence-corrected chi connectivity index (χ3v) is 6.78. The van der Waals surface area contributed by atoms with Crippen LogP contribution in [0.15, 0.2) is 30.3 Å². The molecule has 6 nitrogen and oxygen atoms in total. The van der Waals surface area contributed by atoms with E-state index >= 15 is 0 Å². The maximum Gasteiger partial charge on any atom is 0.242 e. The minimum atomic E-state index is -0.503. The van der Waals surface area contributed by atoms with Gasteiger partial charge in [-0.15, -0.1) is 0 Å². The molecule has 1 aromatic rings. The molecule has 2 amide bonds. The molecule has 31 heavy (non-hydrogen) atoms. The van der Waals surface area contributed by atoms with Gasteiger partial charge >= 0.3 is 0 Å². The summed E-state index contributed by atoms with van der Waals surface area (Å²) in [4.78, 5) is 28.1. The van der Waals surface area contributed by atoms with E-state index in [-0.39, 0.29) is 17.2 Å². The van der Waals surface area contributed by atoms with E-state index in [0.717, 1.165) is 77.6 Å². The van der Waals surface area contributed by atoms with Gasteiger partial charge in [0.25, 0.3) is 0 Å². The summed E-state index contributed by atoms with van der Waals surface area (Å²) in [6.45, 7) is 6.72. The van der Waals surface area contributed by atoms with Crippen molar-refractivity contribution in [3.8, 4) is 0 Å². The number of ether oxygens (including phenoxy) is 1. The van der Waals surface area contributed by atoms with E-state index in [1.54, 1.807) is 6.92 Å². The molecule has 0 saturated carbocycles. The van der Waals surface area contributed by atoms with Gasteiger partial charge in [-0.05, 0) is 77.1 Å². The molecule has 0 radical (unpaired) electrons. The van der Waals surface area contributed by atoms with E-state index in [2.05, 4.69) is 45.9 Å². The van der Waals surface area contributed by atoms with E-state index in [0.29, 0.717) is 13.2 Å². The SMILES string of the molecule is C[C@@H]1NC(=O)C2(CCCCOCCCNC1=O)CCN(CCCc1ccccc1)CC2. The standard InChI is InChI=1S/C25H39N3O3/c1-21-23(29)26-15-8-20-31-19-6-5-12-25(24(30)27-21)13-17-28(18-14-25)16-7-11-22-9-3-2-4-10-22/h2-4,9-10,21H,5-8,11-20H2,1H3,(H,26,29)(H,27,30)/t21-/m0/s1. The monoisotopic (exact) mass is 429 g/mol. The number of likely N-dealkylation sites (tertiary alicyclic amines) is 1. The lowest BCUT2D eigenvalue weighted by atomic mass is 9.73. The second kappa shape index (κ2) is 12.2. The number of aryl methyl sites for hydroxylation is 1. The largest absolute Gasteiger partial charge is 0.381 e. The summed E-state index contributed by atoms with van der Waals surface area (Å²) in [6.07, 6.45) is 7.59. The summed E-state index contributed by atoms with van der Waals surface area (Å²) in [5.41, 5.74) is 1.02. The quantitative estimate of drug-likeness (QED) is 0.772. The predicted molar refractivity (Wildman–Crippen MR) is 123 cm³/mol. The average Bonchev–Trinajstić information content (AvgIpc) is 2.79. The fraction of sp³-hybridized carbons (Fsp3) is 0.680. The molecule has 2 saturated heterocycles. The molecule has 2 heterocycles. The lowest BCUT2D eigenvalue weighted by Crippen LogP contribution is -2.54. The van der Waals surface area contributed by atoms with Crippen LogP contribution in [0.25, 0.3) is 0 Å². The Kier molecular flexibility index (Phi) is 9.34. The average molecular weight is 430 g/mol. The van der Waals surface area contributed by atoms with Crippen molar-refractivity contribution in [2.75, 3.05) is 39.4 Å². The summed E-state index contributed by atoms with van der Waals surface area (Å²) in [5, 5.41) is 5.92. The summed E-state index contributed by atoms with van der Waals surface area (Å²) >= 11 is 0. The number of hydrogen-bond acceptors (Lipinski definition) is 4. The predicted octanol–water partition coefficient (Wildman–Crippen LogP) is 2.91. The first kappa shape index (κ1) is 23.7. The number of carbonyl (C=O) groups is 2. The second-order valence-corrected chi connectivity index (χ2v) is 9.12. The number of hydrogen-bond donors (Lipinski definition) is 2. The fourth-order valence-electron chi connectivity index (χ4n) is 4.67. The van der Waals surface area contributed by atoms with Crippen LogP contribution in [0.2, 0.25) is 0 Å². The summed E-state index contributed by atoms with van der Waals surface area (Å²) in [6, 6.07) is 10.1. The minimum Gasteiger partial charge on any atom is -0.381 e. The Morgan fingerprint density at radius 3 is 2.55 bits per heavy atom. The molecule has 0 bridgehead atoms. The van der Waals surface area contributed by atoms with E-state index in [9.17, 15) is 9.59 Å². The summed E-state index contributed by atoms with van der Waals surface area (Å²) in [5.74, 6) is -0.0593. The number of piperidine rings is 1. The van der Waals surface area contributed by atoms with Gasteiger partial charge in [-0.25, -0.2) is 0 Å². The van der Waals surface area contributed by atoms with Gasteiger partial charge < -0.3 is 20.3 Å². The normalized spacial score (nSPS) is 24.2. The Bertz CT molecular complexity index is 687. The zero-order valence-electron chi connectivity index (χ0n) is 19.0. The lowest BCUT2D eigenvalue weighted by Gasteiger charge is -2.41. The van der Waals surface area contributed by atoms with Gasteiger partial charge in [-0.1, -0.05) is 36.8 Å². The van der Waals surface area contributed by atoms with Gasteiger partial charge in [-0.2, -0.15) is 0 Å². The van der Waals surface area contributed by atoms with Crippen molar-refractivity contribution in [2.24, 2.45) is 5.41 Å². The molecule has 0 unspecified atom stereocenters. The Morgan fingerprint density at radius 1 is 1.03 bits per heavy atom. The molecule has 0 aliphatic carbocycles. The Hall–Kier alpha value is -1.92. The molecule has 1 aromatic carbocycles. The molecule has 2 fully saturated rings. The number of rotatable bonds is 4. The van der Waals surface area contributed by atoms with Gasteiger partial charge in [0.1, 0.15) is 6.04 Å². The highest BCUT2D eigenvalue weighted by atomic mass is 16.5. The van der Waals surface area contributed by atoms with Gasteiger partial charge in [0, 0.05) is 19.8 Å². The maximum atomic E-state index is 13.3. The minimum absolute atomic E-state index is 0.0528. The molecule has 2 aliphatic heterocycles. The summed E-state index contributed by atoms with van der Waals surface area (Å²) < 4.78 is 5.68. The highest BCUT2D eigenvalue weighted by Gasteiger charge is 2.41. The number of carbonyl (C=O) groups excluding carboxylic acids is 2. The van der Waals surface area contributed by atoms with Gasteiger partial charge in [-0.3, -0.25) is 9.59 Å². The topological polar surface area (TPSA) is 70.7 Å². The van der Waals surface area contributed by atoms with Crippen molar-refractivity contribution in [3.63, 3.8) is 0 Å². The van der Waals surface area contributed by atoms with E-state index in [4.69, 9.17) is 4.74 Å². The zero-order valence-corrected chi connectivity index (χ0v) is 19.0. The Balaban J connectivity index is 1.54. The van der Waals surface area contributed by atoms with Crippen LogP contribution in [0.4, 0.5) is 0 Å². The molecule has 6 heteroatoms. The van der Waals surface area contributed by atoms with Crippen molar-refractivity contribution in [3.05, 3.63) is 35.9 Å². The molecule has 0 aromatic heterocycles. The fourth-order valence-corrected chi connectivity index (χ4v) is 4.67. The van der Waals surface area contributed by atoms with Crippen molar-refractivity contribution in [1.82, 2.24) is 15.5 Å². The molecule has 172 valence electrons. The van der Waals surface area contributed by atoms with Crippen molar-refractivity contribution >= 4 is 11.8 Å². The lowest BCUT2D eigenvalue weighted by molar-refractivity contribution is -0.138.